The molecule has 0 aliphatic rings. The molecular weight excluding hydrogens is 399 g/mol. The van der Waals surface area contributed by atoms with E-state index >= 15 is 0 Å². The fraction of sp³-hybridized carbons (Fsp3) is 0.350. The smallest absolute Gasteiger partial charge is 0.249 e. The van der Waals surface area contributed by atoms with Gasteiger partial charge in [-0.2, -0.15) is 5.10 Å². The highest BCUT2D eigenvalue weighted by Crippen LogP contribution is 2.31. The van der Waals surface area contributed by atoms with Crippen molar-refractivity contribution >= 4 is 41.2 Å². The van der Waals surface area contributed by atoms with Crippen LogP contribution in [0.5, 0.6) is 0 Å². The summed E-state index contributed by atoms with van der Waals surface area (Å²) in [6, 6.07) is 7.38. The first-order valence-electron chi connectivity index (χ1n) is 8.92. The normalized spacial score (nSPS) is 11.2. The van der Waals surface area contributed by atoms with Gasteiger partial charge in [0.05, 0.1) is 21.9 Å². The van der Waals surface area contributed by atoms with Crippen LogP contribution in [0, 0.1) is 19.8 Å². The minimum atomic E-state index is -0.468. The minimum absolute atomic E-state index is 0.263. The highest BCUT2D eigenvalue weighted by atomic mass is 35.5. The maximum absolute atomic E-state index is 11.8. The van der Waals surface area contributed by atoms with Gasteiger partial charge < -0.3 is 9.88 Å². The van der Waals surface area contributed by atoms with Gasteiger partial charge in [-0.1, -0.05) is 43.1 Å². The van der Waals surface area contributed by atoms with Crippen molar-refractivity contribution in [1.82, 2.24) is 15.3 Å². The lowest BCUT2D eigenvalue weighted by Crippen LogP contribution is -2.32. The first-order chi connectivity index (χ1) is 13.2. The van der Waals surface area contributed by atoms with Crippen molar-refractivity contribution in [3.8, 4) is 5.69 Å². The molecule has 0 aliphatic carbocycles. The number of amides is 2. The van der Waals surface area contributed by atoms with Gasteiger partial charge in [0.1, 0.15) is 6.42 Å². The van der Waals surface area contributed by atoms with Crippen LogP contribution in [0.15, 0.2) is 29.4 Å². The van der Waals surface area contributed by atoms with Gasteiger partial charge in [0, 0.05) is 23.5 Å². The average Bonchev–Trinajstić information content (AvgIpc) is 2.89. The third-order valence-corrected chi connectivity index (χ3v) is 4.87. The van der Waals surface area contributed by atoms with Crippen LogP contribution in [-0.2, 0) is 9.59 Å². The molecule has 2 N–H and O–H groups in total. The lowest BCUT2D eigenvalue weighted by molar-refractivity contribution is -0.129. The van der Waals surface area contributed by atoms with E-state index in [1.54, 1.807) is 12.3 Å². The molecule has 6 nitrogen and oxygen atoms in total. The summed E-state index contributed by atoms with van der Waals surface area (Å²) < 4.78 is 1.97. The molecular formula is C20H24Cl2N4O2. The van der Waals surface area contributed by atoms with Gasteiger partial charge in [-0.15, -0.1) is 0 Å². The molecule has 0 fully saturated rings. The molecule has 2 rings (SSSR count). The van der Waals surface area contributed by atoms with Crippen molar-refractivity contribution in [1.29, 1.82) is 0 Å². The fourth-order valence-electron chi connectivity index (χ4n) is 2.69. The van der Waals surface area contributed by atoms with E-state index in [9.17, 15) is 9.59 Å². The zero-order valence-electron chi connectivity index (χ0n) is 16.3. The molecule has 2 amide bonds. The number of carbonyl (C=O) groups is 2. The summed E-state index contributed by atoms with van der Waals surface area (Å²) in [5.41, 5.74) is 5.81. The molecule has 0 unspecified atom stereocenters. The lowest BCUT2D eigenvalue weighted by atomic mass is 10.2. The number of benzene rings is 1. The van der Waals surface area contributed by atoms with E-state index in [0.717, 1.165) is 22.6 Å². The average molecular weight is 423 g/mol. The van der Waals surface area contributed by atoms with E-state index in [0.29, 0.717) is 22.5 Å². The second kappa shape index (κ2) is 9.75. The van der Waals surface area contributed by atoms with Crippen LogP contribution < -0.4 is 10.7 Å². The van der Waals surface area contributed by atoms with Crippen LogP contribution in [0.4, 0.5) is 0 Å². The monoisotopic (exact) mass is 422 g/mol. The zero-order valence-corrected chi connectivity index (χ0v) is 17.9. The Morgan fingerprint density at radius 3 is 2.61 bits per heavy atom. The van der Waals surface area contributed by atoms with Crippen molar-refractivity contribution in [3.63, 3.8) is 0 Å². The number of nitrogens with one attached hydrogen (secondary N) is 2. The standard InChI is InChI=1S/C20H24Cl2N4O2/c1-12(2)10-23-18(27)9-19(28)25-24-11-15-8-13(3)26(14(15)4)17-7-5-6-16(21)20(17)22/h5-8,11-12H,9-10H2,1-4H3,(H,23,27)(H,25,28)/b24-11+. The Morgan fingerprint density at radius 2 is 1.93 bits per heavy atom. The van der Waals surface area contributed by atoms with Crippen LogP contribution in [0.2, 0.25) is 10.0 Å². The van der Waals surface area contributed by atoms with E-state index in [-0.39, 0.29) is 12.3 Å². The van der Waals surface area contributed by atoms with Gasteiger partial charge in [0.25, 0.3) is 0 Å². The molecule has 1 heterocycles. The maximum atomic E-state index is 11.8. The molecule has 0 atom stereocenters. The number of aromatic nitrogens is 1. The van der Waals surface area contributed by atoms with Crippen molar-refractivity contribution in [2.24, 2.45) is 11.0 Å². The molecule has 0 saturated carbocycles. The number of hydrogen-bond acceptors (Lipinski definition) is 3. The van der Waals surface area contributed by atoms with E-state index < -0.39 is 5.91 Å². The summed E-state index contributed by atoms with van der Waals surface area (Å²) in [6.07, 6.45) is 1.28. The maximum Gasteiger partial charge on any atom is 0.249 e. The predicted molar refractivity (Wildman–Crippen MR) is 113 cm³/mol. The Bertz CT molecular complexity index is 904. The van der Waals surface area contributed by atoms with Gasteiger partial charge in [-0.3, -0.25) is 9.59 Å². The summed E-state index contributed by atoms with van der Waals surface area (Å²) in [4.78, 5) is 23.5. The molecule has 1 aromatic carbocycles. The predicted octanol–water partition coefficient (Wildman–Crippen LogP) is 4.01. The summed E-state index contributed by atoms with van der Waals surface area (Å²) in [7, 11) is 0. The number of hydrogen-bond donors (Lipinski definition) is 2. The van der Waals surface area contributed by atoms with Crippen LogP contribution in [0.25, 0.3) is 5.69 Å². The zero-order chi connectivity index (χ0) is 20.8. The molecule has 8 heteroatoms. The Labute approximate surface area is 174 Å². The van der Waals surface area contributed by atoms with Gasteiger partial charge in [-0.25, -0.2) is 5.43 Å². The van der Waals surface area contributed by atoms with Crippen molar-refractivity contribution in [2.75, 3.05) is 6.54 Å². The van der Waals surface area contributed by atoms with Crippen molar-refractivity contribution in [2.45, 2.75) is 34.1 Å². The highest BCUT2D eigenvalue weighted by Gasteiger charge is 2.14. The number of aryl methyl sites for hydroxylation is 1. The number of rotatable bonds is 7. The van der Waals surface area contributed by atoms with E-state index in [1.807, 2.05) is 50.5 Å². The van der Waals surface area contributed by atoms with Crippen molar-refractivity contribution < 1.29 is 9.59 Å². The number of hydrazone groups is 1. The molecule has 0 spiro atoms. The minimum Gasteiger partial charge on any atom is -0.355 e. The molecule has 1 aromatic heterocycles. The Balaban J connectivity index is 2.06. The molecule has 2 aromatic rings. The lowest BCUT2D eigenvalue weighted by Gasteiger charge is -2.12. The topological polar surface area (TPSA) is 75.5 Å². The largest absolute Gasteiger partial charge is 0.355 e. The van der Waals surface area contributed by atoms with Crippen LogP contribution >= 0.6 is 23.2 Å². The Hall–Kier alpha value is -2.31. The van der Waals surface area contributed by atoms with Crippen LogP contribution in [-0.4, -0.2) is 29.1 Å². The van der Waals surface area contributed by atoms with Gasteiger partial charge in [0.15, 0.2) is 0 Å². The first-order valence-corrected chi connectivity index (χ1v) is 9.68. The van der Waals surface area contributed by atoms with Crippen LogP contribution in [0.1, 0.15) is 37.2 Å². The second-order valence-corrected chi connectivity index (χ2v) is 7.69. The van der Waals surface area contributed by atoms with Gasteiger partial charge in [-0.05, 0) is 38.0 Å². The number of carbonyl (C=O) groups excluding carboxylic acids is 2. The van der Waals surface area contributed by atoms with Crippen molar-refractivity contribution in [3.05, 3.63) is 51.3 Å². The summed E-state index contributed by atoms with van der Waals surface area (Å²) in [5.74, 6) is -0.465. The summed E-state index contributed by atoms with van der Waals surface area (Å²) in [6.45, 7) is 8.37. The SMILES string of the molecule is Cc1cc(/C=N/NC(=O)CC(=O)NCC(C)C)c(C)n1-c1cccc(Cl)c1Cl. The molecule has 0 radical (unpaired) electrons. The van der Waals surface area contributed by atoms with Gasteiger partial charge >= 0.3 is 0 Å². The highest BCUT2D eigenvalue weighted by molar-refractivity contribution is 6.43. The van der Waals surface area contributed by atoms with E-state index in [1.165, 1.54) is 0 Å². The Kier molecular flexibility index (Phi) is 7.66. The van der Waals surface area contributed by atoms with Gasteiger partial charge in [0.2, 0.25) is 11.8 Å². The molecule has 28 heavy (non-hydrogen) atoms. The summed E-state index contributed by atoms with van der Waals surface area (Å²) >= 11 is 12.5. The number of halogens is 2. The Morgan fingerprint density at radius 1 is 1.21 bits per heavy atom. The fourth-order valence-corrected chi connectivity index (χ4v) is 3.07. The third-order valence-electron chi connectivity index (χ3n) is 4.06. The molecule has 0 bridgehead atoms. The molecule has 150 valence electrons. The molecule has 0 saturated heterocycles. The summed E-state index contributed by atoms with van der Waals surface area (Å²) in [5, 5.41) is 7.60. The second-order valence-electron chi connectivity index (χ2n) is 6.90. The van der Waals surface area contributed by atoms with Crippen LogP contribution in [0.3, 0.4) is 0 Å². The van der Waals surface area contributed by atoms with E-state index in [2.05, 4.69) is 15.8 Å². The quantitative estimate of drug-likeness (QED) is 0.401. The molecule has 0 aliphatic heterocycles. The number of nitrogens with zero attached hydrogens (tertiary/aromatic N) is 2. The third kappa shape index (κ3) is 5.59. The first kappa shape index (κ1) is 22.0. The van der Waals surface area contributed by atoms with E-state index in [4.69, 9.17) is 23.2 Å².